The van der Waals surface area contributed by atoms with E-state index in [2.05, 4.69) is 22.4 Å². The van der Waals surface area contributed by atoms with Crippen molar-refractivity contribution in [2.45, 2.75) is 52.1 Å². The van der Waals surface area contributed by atoms with E-state index in [4.69, 9.17) is 4.74 Å². The molecule has 2 heterocycles. The van der Waals surface area contributed by atoms with Crippen molar-refractivity contribution in [1.82, 2.24) is 15.1 Å². The quantitative estimate of drug-likeness (QED) is 0.718. The van der Waals surface area contributed by atoms with Crippen LogP contribution in [0, 0.1) is 13.8 Å². The molecule has 1 saturated heterocycles. The molecule has 158 valence electrons. The number of benzene rings is 1. The van der Waals surface area contributed by atoms with Crippen LogP contribution in [0.25, 0.3) is 0 Å². The highest BCUT2D eigenvalue weighted by atomic mass is 32.1. The fourth-order valence-corrected chi connectivity index (χ4v) is 3.94. The average molecular weight is 419 g/mol. The molecule has 3 rings (SSSR count). The Bertz CT molecular complexity index is 844. The summed E-state index contributed by atoms with van der Waals surface area (Å²) < 4.78 is 5.84. The van der Waals surface area contributed by atoms with Gasteiger partial charge in [-0.2, -0.15) is 0 Å². The van der Waals surface area contributed by atoms with Crippen LogP contribution in [0.4, 0.5) is 5.13 Å². The van der Waals surface area contributed by atoms with Crippen molar-refractivity contribution in [2.75, 3.05) is 31.6 Å². The molecule has 0 saturated carbocycles. The van der Waals surface area contributed by atoms with Gasteiger partial charge in [0.25, 0.3) is 0 Å². The standard InChI is InChI=1S/C21H30N4O3S/c1-14(2)19-23-24-20(29-19)22-18(26)12-25-9-7-21(27,8-10-25)13-28-17-6-5-15(3)16(4)11-17/h5-6,11,14,27H,7-10,12-13H2,1-4H3,(H,22,24,26). The van der Waals surface area contributed by atoms with Gasteiger partial charge in [0, 0.05) is 19.0 Å². The van der Waals surface area contributed by atoms with Crippen molar-refractivity contribution < 1.29 is 14.6 Å². The average Bonchev–Trinajstić information content (AvgIpc) is 3.14. The van der Waals surface area contributed by atoms with Crippen LogP contribution in [0.15, 0.2) is 18.2 Å². The van der Waals surface area contributed by atoms with E-state index in [1.165, 1.54) is 22.5 Å². The second-order valence-corrected chi connectivity index (χ2v) is 9.19. The summed E-state index contributed by atoms with van der Waals surface area (Å²) >= 11 is 1.41. The van der Waals surface area contributed by atoms with E-state index in [9.17, 15) is 9.90 Å². The third-order valence-electron chi connectivity index (χ3n) is 5.32. The molecular weight excluding hydrogens is 388 g/mol. The van der Waals surface area contributed by atoms with Crippen LogP contribution < -0.4 is 10.1 Å². The maximum Gasteiger partial charge on any atom is 0.240 e. The summed E-state index contributed by atoms with van der Waals surface area (Å²) in [5, 5.41) is 23.2. The molecule has 2 aromatic rings. The summed E-state index contributed by atoms with van der Waals surface area (Å²) in [6, 6.07) is 5.96. The summed E-state index contributed by atoms with van der Waals surface area (Å²) in [6.45, 7) is 10.0. The number of carbonyl (C=O) groups excluding carboxylic acids is 1. The number of anilines is 1. The SMILES string of the molecule is Cc1ccc(OCC2(O)CCN(CC(=O)Nc3nnc(C(C)C)s3)CC2)cc1C. The number of piperidine rings is 1. The molecule has 1 aliphatic rings. The van der Waals surface area contributed by atoms with Crippen LogP contribution in [-0.2, 0) is 4.79 Å². The number of likely N-dealkylation sites (tertiary alicyclic amines) is 1. The molecule has 1 aromatic heterocycles. The van der Waals surface area contributed by atoms with E-state index in [1.807, 2.05) is 43.9 Å². The van der Waals surface area contributed by atoms with Crippen LogP contribution in [0.1, 0.15) is 48.7 Å². The van der Waals surface area contributed by atoms with Gasteiger partial charge in [0.15, 0.2) is 0 Å². The Kier molecular flexibility index (Phi) is 6.87. The lowest BCUT2D eigenvalue weighted by Crippen LogP contribution is -2.49. The highest BCUT2D eigenvalue weighted by Gasteiger charge is 2.33. The third-order valence-corrected chi connectivity index (χ3v) is 6.46. The Labute approximate surface area is 176 Å². The van der Waals surface area contributed by atoms with Crippen LogP contribution in [0.3, 0.4) is 0 Å². The molecule has 29 heavy (non-hydrogen) atoms. The molecule has 0 unspecified atom stereocenters. The third kappa shape index (κ3) is 5.98. The highest BCUT2D eigenvalue weighted by Crippen LogP contribution is 2.25. The minimum absolute atomic E-state index is 0.103. The van der Waals surface area contributed by atoms with Gasteiger partial charge in [-0.3, -0.25) is 15.0 Å². The summed E-state index contributed by atoms with van der Waals surface area (Å²) in [6.07, 6.45) is 1.14. The van der Waals surface area contributed by atoms with E-state index >= 15 is 0 Å². The predicted molar refractivity (Wildman–Crippen MR) is 115 cm³/mol. The molecule has 8 heteroatoms. The molecule has 1 fully saturated rings. The maximum atomic E-state index is 12.3. The van der Waals surface area contributed by atoms with Crippen LogP contribution in [-0.4, -0.2) is 58.0 Å². The van der Waals surface area contributed by atoms with E-state index < -0.39 is 5.60 Å². The van der Waals surface area contributed by atoms with Crippen molar-refractivity contribution in [3.63, 3.8) is 0 Å². The molecule has 1 amide bonds. The van der Waals surface area contributed by atoms with Crippen molar-refractivity contribution in [3.05, 3.63) is 34.3 Å². The molecule has 0 bridgehead atoms. The van der Waals surface area contributed by atoms with Gasteiger partial charge in [-0.1, -0.05) is 31.3 Å². The maximum absolute atomic E-state index is 12.3. The number of rotatable bonds is 7. The number of nitrogens with zero attached hydrogens (tertiary/aromatic N) is 3. The van der Waals surface area contributed by atoms with Crippen molar-refractivity contribution >= 4 is 22.4 Å². The van der Waals surface area contributed by atoms with E-state index in [1.54, 1.807) is 0 Å². The number of nitrogens with one attached hydrogen (secondary N) is 1. The highest BCUT2D eigenvalue weighted by molar-refractivity contribution is 7.15. The predicted octanol–water partition coefficient (Wildman–Crippen LogP) is 3.12. The number of hydrogen-bond acceptors (Lipinski definition) is 7. The zero-order valence-corrected chi connectivity index (χ0v) is 18.4. The Balaban J connectivity index is 1.43. The first-order valence-electron chi connectivity index (χ1n) is 10.0. The van der Waals surface area contributed by atoms with Crippen molar-refractivity contribution in [2.24, 2.45) is 0 Å². The van der Waals surface area contributed by atoms with Gasteiger partial charge >= 0.3 is 0 Å². The Morgan fingerprint density at radius 1 is 1.28 bits per heavy atom. The molecular formula is C21H30N4O3S. The number of hydrogen-bond donors (Lipinski definition) is 2. The zero-order chi connectivity index (χ0) is 21.0. The summed E-state index contributed by atoms with van der Waals surface area (Å²) in [4.78, 5) is 14.3. The summed E-state index contributed by atoms with van der Waals surface area (Å²) in [5.41, 5.74) is 1.53. The van der Waals surface area contributed by atoms with Crippen LogP contribution in [0.5, 0.6) is 5.75 Å². The largest absolute Gasteiger partial charge is 0.491 e. The van der Waals surface area contributed by atoms with Crippen LogP contribution >= 0.6 is 11.3 Å². The molecule has 1 aliphatic heterocycles. The molecule has 0 atom stereocenters. The number of carbonyl (C=O) groups is 1. The topological polar surface area (TPSA) is 87.6 Å². The molecule has 0 radical (unpaired) electrons. The van der Waals surface area contributed by atoms with Gasteiger partial charge in [-0.25, -0.2) is 0 Å². The van der Waals surface area contributed by atoms with E-state index in [0.717, 1.165) is 10.8 Å². The van der Waals surface area contributed by atoms with Gasteiger partial charge in [-0.15, -0.1) is 10.2 Å². The van der Waals surface area contributed by atoms with Gasteiger partial charge < -0.3 is 9.84 Å². The number of amides is 1. The molecule has 7 nitrogen and oxygen atoms in total. The van der Waals surface area contributed by atoms with Gasteiger partial charge in [0.05, 0.1) is 6.54 Å². The van der Waals surface area contributed by atoms with Gasteiger partial charge in [-0.05, 0) is 49.9 Å². The molecule has 0 spiro atoms. The lowest BCUT2D eigenvalue weighted by molar-refractivity contribution is -0.119. The minimum Gasteiger partial charge on any atom is -0.491 e. The fraction of sp³-hybridized carbons (Fsp3) is 0.571. The smallest absolute Gasteiger partial charge is 0.240 e. The minimum atomic E-state index is -0.864. The first kappa shape index (κ1) is 21.7. The van der Waals surface area contributed by atoms with E-state index in [0.29, 0.717) is 37.0 Å². The monoisotopic (exact) mass is 418 g/mol. The number of ether oxygens (including phenoxy) is 1. The number of aliphatic hydroxyl groups is 1. The first-order chi connectivity index (χ1) is 13.7. The number of aryl methyl sites for hydroxylation is 2. The fourth-order valence-electron chi connectivity index (χ4n) is 3.17. The lowest BCUT2D eigenvalue weighted by atomic mass is 9.92. The molecule has 1 aromatic carbocycles. The summed E-state index contributed by atoms with van der Waals surface area (Å²) in [7, 11) is 0. The van der Waals surface area contributed by atoms with Gasteiger partial charge in [0.2, 0.25) is 11.0 Å². The van der Waals surface area contributed by atoms with Crippen molar-refractivity contribution in [1.29, 1.82) is 0 Å². The second-order valence-electron chi connectivity index (χ2n) is 8.18. The van der Waals surface area contributed by atoms with Crippen molar-refractivity contribution in [3.8, 4) is 5.75 Å². The summed E-state index contributed by atoms with van der Waals surface area (Å²) in [5.74, 6) is 0.971. The molecule has 0 aliphatic carbocycles. The Morgan fingerprint density at radius 3 is 2.62 bits per heavy atom. The molecule has 2 N–H and O–H groups in total. The number of aromatic nitrogens is 2. The van der Waals surface area contributed by atoms with Gasteiger partial charge in [0.1, 0.15) is 23.0 Å². The Hall–Kier alpha value is -2.03. The zero-order valence-electron chi connectivity index (χ0n) is 17.6. The first-order valence-corrected chi connectivity index (χ1v) is 10.8. The van der Waals surface area contributed by atoms with Crippen LogP contribution in [0.2, 0.25) is 0 Å². The van der Waals surface area contributed by atoms with E-state index in [-0.39, 0.29) is 19.1 Å². The Morgan fingerprint density at radius 2 is 2.00 bits per heavy atom. The lowest BCUT2D eigenvalue weighted by Gasteiger charge is -2.37. The normalized spacial score (nSPS) is 16.8. The second kappa shape index (κ2) is 9.19.